The summed E-state index contributed by atoms with van der Waals surface area (Å²) in [5.74, 6) is 0. The van der Waals surface area contributed by atoms with E-state index in [2.05, 4.69) is 5.32 Å². The summed E-state index contributed by atoms with van der Waals surface area (Å²) in [5, 5.41) is 3.59. The van der Waals surface area contributed by atoms with Crippen molar-refractivity contribution in [2.24, 2.45) is 0 Å². The van der Waals surface area contributed by atoms with E-state index in [-0.39, 0.29) is 6.03 Å². The lowest BCUT2D eigenvalue weighted by atomic mass is 10.1. The van der Waals surface area contributed by atoms with E-state index in [0.717, 1.165) is 22.4 Å². The first-order chi connectivity index (χ1) is 12.6. The van der Waals surface area contributed by atoms with Crippen LogP contribution in [0.15, 0.2) is 78.9 Å². The van der Waals surface area contributed by atoms with Crippen LogP contribution in [0.4, 0.5) is 10.5 Å². The van der Waals surface area contributed by atoms with Crippen LogP contribution in [0.1, 0.15) is 16.7 Å². The molecule has 0 aromatic heterocycles. The van der Waals surface area contributed by atoms with E-state index < -0.39 is 0 Å². The molecule has 0 spiro atoms. The number of hydrogen-bond acceptors (Lipinski definition) is 1. The van der Waals surface area contributed by atoms with Gasteiger partial charge in [0.15, 0.2) is 0 Å². The molecule has 132 valence electrons. The number of rotatable bonds is 5. The third kappa shape index (κ3) is 4.87. The number of anilines is 1. The number of amides is 2. The van der Waals surface area contributed by atoms with Gasteiger partial charge in [-0.05, 0) is 35.7 Å². The van der Waals surface area contributed by atoms with Crippen molar-refractivity contribution in [1.82, 2.24) is 4.90 Å². The second-order valence-corrected chi connectivity index (χ2v) is 6.65. The molecule has 0 saturated heterocycles. The maximum Gasteiger partial charge on any atom is 0.322 e. The van der Waals surface area contributed by atoms with Gasteiger partial charge in [0.2, 0.25) is 0 Å². The Kier molecular flexibility index (Phi) is 5.92. The smallest absolute Gasteiger partial charge is 0.316 e. The van der Waals surface area contributed by atoms with Crippen LogP contribution in [0.2, 0.25) is 5.02 Å². The van der Waals surface area contributed by atoms with E-state index in [0.29, 0.717) is 18.1 Å². The van der Waals surface area contributed by atoms with Crippen molar-refractivity contribution in [2.75, 3.05) is 5.32 Å². The monoisotopic (exact) mass is 364 g/mol. The molecule has 3 aromatic rings. The molecular weight excluding hydrogens is 344 g/mol. The highest BCUT2D eigenvalue weighted by Gasteiger charge is 2.16. The van der Waals surface area contributed by atoms with Gasteiger partial charge < -0.3 is 10.2 Å². The van der Waals surface area contributed by atoms with Crippen LogP contribution >= 0.6 is 11.6 Å². The summed E-state index contributed by atoms with van der Waals surface area (Å²) in [7, 11) is 0. The van der Waals surface area contributed by atoms with Gasteiger partial charge in [-0.2, -0.15) is 0 Å². The summed E-state index contributed by atoms with van der Waals surface area (Å²) >= 11 is 6.07. The first-order valence-electron chi connectivity index (χ1n) is 8.52. The average Bonchev–Trinajstić information content (AvgIpc) is 2.66. The number of hydrogen-bond donors (Lipinski definition) is 1. The van der Waals surface area contributed by atoms with Crippen molar-refractivity contribution < 1.29 is 4.79 Å². The fourth-order valence-electron chi connectivity index (χ4n) is 2.73. The fourth-order valence-corrected chi connectivity index (χ4v) is 2.90. The van der Waals surface area contributed by atoms with Gasteiger partial charge in [-0.1, -0.05) is 78.3 Å². The van der Waals surface area contributed by atoms with Crippen molar-refractivity contribution in [2.45, 2.75) is 20.0 Å². The number of urea groups is 1. The summed E-state index contributed by atoms with van der Waals surface area (Å²) in [6, 6.07) is 25.3. The summed E-state index contributed by atoms with van der Waals surface area (Å²) in [5.41, 5.74) is 3.87. The van der Waals surface area contributed by atoms with Gasteiger partial charge in [-0.3, -0.25) is 0 Å². The van der Waals surface area contributed by atoms with E-state index in [9.17, 15) is 4.79 Å². The first kappa shape index (κ1) is 18.0. The molecule has 0 fully saturated rings. The fraction of sp³-hybridized carbons (Fsp3) is 0.136. The molecule has 2 amide bonds. The molecule has 0 radical (unpaired) electrons. The van der Waals surface area contributed by atoms with Crippen LogP contribution in [0, 0.1) is 6.92 Å². The molecule has 4 heteroatoms. The molecule has 0 heterocycles. The second kappa shape index (κ2) is 8.54. The average molecular weight is 365 g/mol. The molecule has 3 nitrogen and oxygen atoms in total. The summed E-state index contributed by atoms with van der Waals surface area (Å²) < 4.78 is 0. The number of benzene rings is 3. The molecule has 26 heavy (non-hydrogen) atoms. The number of nitrogens with one attached hydrogen (secondary N) is 1. The minimum absolute atomic E-state index is 0.150. The van der Waals surface area contributed by atoms with Crippen LogP contribution in [0.25, 0.3) is 0 Å². The highest BCUT2D eigenvalue weighted by molar-refractivity contribution is 6.31. The summed E-state index contributed by atoms with van der Waals surface area (Å²) in [4.78, 5) is 14.8. The zero-order valence-electron chi connectivity index (χ0n) is 14.7. The normalized spacial score (nSPS) is 10.4. The lowest BCUT2D eigenvalue weighted by molar-refractivity contribution is 0.206. The molecule has 0 unspecified atom stereocenters. The standard InChI is InChI=1S/C22H21ClN2O/c1-17-12-13-20(23)14-21(17)24-22(26)25(15-18-8-4-2-5-9-18)16-19-10-6-3-7-11-19/h2-14H,15-16H2,1H3,(H,24,26). The minimum atomic E-state index is -0.150. The quantitative estimate of drug-likeness (QED) is 0.602. The maximum absolute atomic E-state index is 13.0. The molecule has 3 aromatic carbocycles. The van der Waals surface area contributed by atoms with Crippen molar-refractivity contribution in [3.8, 4) is 0 Å². The molecule has 0 aliphatic heterocycles. The Bertz CT molecular complexity index is 824. The molecule has 0 saturated carbocycles. The maximum atomic E-state index is 13.0. The van der Waals surface area contributed by atoms with Crippen molar-refractivity contribution in [1.29, 1.82) is 0 Å². The van der Waals surface area contributed by atoms with Crippen LogP contribution in [0.5, 0.6) is 0 Å². The number of carbonyl (C=O) groups is 1. The van der Waals surface area contributed by atoms with Crippen molar-refractivity contribution >= 4 is 23.3 Å². The Hall–Kier alpha value is -2.78. The summed E-state index contributed by atoms with van der Waals surface area (Å²) in [6.45, 7) is 3.01. The molecule has 0 aliphatic rings. The van der Waals surface area contributed by atoms with Crippen LogP contribution in [0.3, 0.4) is 0 Å². The van der Waals surface area contributed by atoms with Gasteiger partial charge in [0, 0.05) is 23.8 Å². The second-order valence-electron chi connectivity index (χ2n) is 6.22. The van der Waals surface area contributed by atoms with Gasteiger partial charge >= 0.3 is 6.03 Å². The minimum Gasteiger partial charge on any atom is -0.316 e. The van der Waals surface area contributed by atoms with E-state index >= 15 is 0 Å². The Labute approximate surface area is 159 Å². The predicted octanol–water partition coefficient (Wildman–Crippen LogP) is 5.88. The predicted molar refractivity (Wildman–Crippen MR) is 107 cm³/mol. The number of aryl methyl sites for hydroxylation is 1. The van der Waals surface area contributed by atoms with Gasteiger partial charge in [-0.25, -0.2) is 4.79 Å². The van der Waals surface area contributed by atoms with Crippen LogP contribution < -0.4 is 5.32 Å². The summed E-state index contributed by atoms with van der Waals surface area (Å²) in [6.07, 6.45) is 0. The third-order valence-corrected chi connectivity index (χ3v) is 4.40. The van der Waals surface area contributed by atoms with E-state index in [1.54, 1.807) is 11.0 Å². The highest BCUT2D eigenvalue weighted by Crippen LogP contribution is 2.21. The number of halogens is 1. The topological polar surface area (TPSA) is 32.3 Å². The highest BCUT2D eigenvalue weighted by atomic mass is 35.5. The SMILES string of the molecule is Cc1ccc(Cl)cc1NC(=O)N(Cc1ccccc1)Cc1ccccc1. The molecular formula is C22H21ClN2O. The molecule has 1 N–H and O–H groups in total. The Balaban J connectivity index is 1.81. The molecule has 0 bridgehead atoms. The largest absolute Gasteiger partial charge is 0.322 e. The number of nitrogens with zero attached hydrogens (tertiary/aromatic N) is 1. The van der Waals surface area contributed by atoms with Crippen molar-refractivity contribution in [3.63, 3.8) is 0 Å². The molecule has 0 aliphatic carbocycles. The number of carbonyl (C=O) groups excluding carboxylic acids is 1. The van der Waals surface area contributed by atoms with Crippen LogP contribution in [-0.4, -0.2) is 10.9 Å². The molecule has 3 rings (SSSR count). The Morgan fingerprint density at radius 3 is 1.96 bits per heavy atom. The lowest BCUT2D eigenvalue weighted by Gasteiger charge is -2.24. The third-order valence-electron chi connectivity index (χ3n) is 4.16. The first-order valence-corrected chi connectivity index (χ1v) is 8.89. The lowest BCUT2D eigenvalue weighted by Crippen LogP contribution is -2.34. The van der Waals surface area contributed by atoms with Gasteiger partial charge in [0.1, 0.15) is 0 Å². The Morgan fingerprint density at radius 2 is 1.42 bits per heavy atom. The zero-order chi connectivity index (χ0) is 18.4. The van der Waals surface area contributed by atoms with E-state index in [4.69, 9.17) is 11.6 Å². The molecule has 0 atom stereocenters. The Morgan fingerprint density at radius 1 is 0.885 bits per heavy atom. The van der Waals surface area contributed by atoms with Gasteiger partial charge in [-0.15, -0.1) is 0 Å². The van der Waals surface area contributed by atoms with Gasteiger partial charge in [0.25, 0.3) is 0 Å². The van der Waals surface area contributed by atoms with Crippen molar-refractivity contribution in [3.05, 3.63) is 101 Å². The van der Waals surface area contributed by atoms with Crippen LogP contribution in [-0.2, 0) is 13.1 Å². The zero-order valence-corrected chi connectivity index (χ0v) is 15.4. The van der Waals surface area contributed by atoms with E-state index in [1.807, 2.05) is 79.7 Å². The van der Waals surface area contributed by atoms with Gasteiger partial charge in [0.05, 0.1) is 0 Å². The van der Waals surface area contributed by atoms with E-state index in [1.165, 1.54) is 0 Å².